The summed E-state index contributed by atoms with van der Waals surface area (Å²) in [4.78, 5) is 11.7. The molecule has 0 aliphatic rings. The van der Waals surface area contributed by atoms with Crippen molar-refractivity contribution in [3.63, 3.8) is 0 Å². The first-order chi connectivity index (χ1) is 10.2. The number of carbonyl (C=O) groups excluding carboxylic acids is 1. The van der Waals surface area contributed by atoms with Gasteiger partial charge in [0.25, 0.3) is 0 Å². The molecule has 0 fully saturated rings. The molecule has 0 bridgehead atoms. The van der Waals surface area contributed by atoms with E-state index >= 15 is 0 Å². The molecule has 110 valence electrons. The third-order valence-corrected chi connectivity index (χ3v) is 2.66. The van der Waals surface area contributed by atoms with E-state index in [-0.39, 0.29) is 0 Å². The lowest BCUT2D eigenvalue weighted by atomic mass is 10.3. The van der Waals surface area contributed by atoms with Gasteiger partial charge in [0.2, 0.25) is 0 Å². The second-order valence-corrected chi connectivity index (χ2v) is 4.52. The van der Waals surface area contributed by atoms with Crippen LogP contribution in [0, 0.1) is 6.92 Å². The van der Waals surface area contributed by atoms with Crippen LogP contribution in [0.3, 0.4) is 0 Å². The Morgan fingerprint density at radius 2 is 1.86 bits per heavy atom. The van der Waals surface area contributed by atoms with Crippen LogP contribution >= 0.6 is 0 Å². The van der Waals surface area contributed by atoms with E-state index < -0.39 is 5.97 Å². The third kappa shape index (κ3) is 4.84. The number of ether oxygens (including phenoxy) is 2. The van der Waals surface area contributed by atoms with E-state index in [4.69, 9.17) is 13.9 Å². The van der Waals surface area contributed by atoms with Crippen molar-refractivity contribution in [1.29, 1.82) is 0 Å². The van der Waals surface area contributed by atoms with Crippen molar-refractivity contribution in [3.8, 4) is 11.5 Å². The second kappa shape index (κ2) is 7.33. The molecule has 1 aromatic carbocycles. The van der Waals surface area contributed by atoms with Gasteiger partial charge in [0.05, 0.1) is 6.61 Å². The highest BCUT2D eigenvalue weighted by Crippen LogP contribution is 2.18. The number of benzene rings is 1. The molecule has 2 rings (SSSR count). The van der Waals surface area contributed by atoms with Gasteiger partial charge in [0.1, 0.15) is 23.0 Å². The normalized spacial score (nSPS) is 10.8. The van der Waals surface area contributed by atoms with Gasteiger partial charge in [-0.1, -0.05) is 6.92 Å². The summed E-state index contributed by atoms with van der Waals surface area (Å²) in [5, 5.41) is 0. The number of aryl methyl sites for hydroxylation is 1. The molecule has 0 aliphatic heterocycles. The molecule has 1 heterocycles. The lowest BCUT2D eigenvalue weighted by Crippen LogP contribution is -2.03. The van der Waals surface area contributed by atoms with Crippen LogP contribution in [-0.2, 0) is 4.79 Å². The zero-order valence-electron chi connectivity index (χ0n) is 12.2. The largest absolute Gasteiger partial charge is 0.494 e. The Kier molecular flexibility index (Phi) is 5.21. The minimum Gasteiger partial charge on any atom is -0.494 e. The van der Waals surface area contributed by atoms with E-state index in [2.05, 4.69) is 0 Å². The summed E-state index contributed by atoms with van der Waals surface area (Å²) >= 11 is 0. The summed E-state index contributed by atoms with van der Waals surface area (Å²) in [7, 11) is 0. The van der Waals surface area contributed by atoms with E-state index in [1.54, 1.807) is 36.4 Å². The van der Waals surface area contributed by atoms with Gasteiger partial charge in [0, 0.05) is 6.08 Å². The van der Waals surface area contributed by atoms with Crippen molar-refractivity contribution in [3.05, 3.63) is 54.0 Å². The maximum absolute atomic E-state index is 11.7. The Balaban J connectivity index is 1.88. The SMILES string of the molecule is CCCOc1ccc(OC(=O)/C=C/c2ccc(C)o2)cc1. The van der Waals surface area contributed by atoms with Crippen molar-refractivity contribution < 1.29 is 18.7 Å². The van der Waals surface area contributed by atoms with Crippen molar-refractivity contribution in [1.82, 2.24) is 0 Å². The van der Waals surface area contributed by atoms with Crippen LogP contribution in [0.25, 0.3) is 6.08 Å². The van der Waals surface area contributed by atoms with Gasteiger partial charge in [-0.15, -0.1) is 0 Å². The topological polar surface area (TPSA) is 48.7 Å². The molecule has 0 atom stereocenters. The summed E-state index contributed by atoms with van der Waals surface area (Å²) in [6.07, 6.45) is 3.86. The molecule has 0 spiro atoms. The van der Waals surface area contributed by atoms with Gasteiger partial charge in [-0.25, -0.2) is 4.79 Å². The molecular weight excluding hydrogens is 268 g/mol. The number of hydrogen-bond donors (Lipinski definition) is 0. The van der Waals surface area contributed by atoms with Gasteiger partial charge in [0.15, 0.2) is 0 Å². The van der Waals surface area contributed by atoms with E-state index in [9.17, 15) is 4.79 Å². The fourth-order valence-electron chi connectivity index (χ4n) is 1.67. The van der Waals surface area contributed by atoms with Crippen molar-refractivity contribution in [2.75, 3.05) is 6.61 Å². The maximum atomic E-state index is 11.7. The molecule has 0 aliphatic carbocycles. The number of furan rings is 1. The molecule has 4 nitrogen and oxygen atoms in total. The average molecular weight is 286 g/mol. The molecule has 21 heavy (non-hydrogen) atoms. The predicted molar refractivity (Wildman–Crippen MR) is 80.3 cm³/mol. The quantitative estimate of drug-likeness (QED) is 0.457. The fraction of sp³-hybridized carbons (Fsp3) is 0.235. The van der Waals surface area contributed by atoms with E-state index in [1.165, 1.54) is 6.08 Å². The molecule has 0 unspecified atom stereocenters. The zero-order chi connectivity index (χ0) is 15.1. The van der Waals surface area contributed by atoms with E-state index in [0.29, 0.717) is 18.1 Å². The van der Waals surface area contributed by atoms with Gasteiger partial charge in [-0.3, -0.25) is 0 Å². The predicted octanol–water partition coefficient (Wildman–Crippen LogP) is 4.00. The standard InChI is InChI=1S/C17H18O4/c1-3-12-19-14-6-8-16(9-7-14)21-17(18)11-10-15-5-4-13(2)20-15/h4-11H,3,12H2,1-2H3/b11-10+. The highest BCUT2D eigenvalue weighted by Gasteiger charge is 2.02. The van der Waals surface area contributed by atoms with Crippen LogP contribution in [-0.4, -0.2) is 12.6 Å². The Labute approximate surface area is 124 Å². The highest BCUT2D eigenvalue weighted by molar-refractivity contribution is 5.88. The summed E-state index contributed by atoms with van der Waals surface area (Å²) in [5.74, 6) is 2.20. The number of rotatable bonds is 6. The number of esters is 1. The maximum Gasteiger partial charge on any atom is 0.336 e. The first-order valence-electron chi connectivity index (χ1n) is 6.86. The monoisotopic (exact) mass is 286 g/mol. The first kappa shape index (κ1) is 14.9. The van der Waals surface area contributed by atoms with Gasteiger partial charge in [-0.05, 0) is 55.8 Å². The summed E-state index contributed by atoms with van der Waals surface area (Å²) < 4.78 is 16.0. The molecule has 0 saturated carbocycles. The van der Waals surface area contributed by atoms with E-state index in [0.717, 1.165) is 17.9 Å². The van der Waals surface area contributed by atoms with Crippen molar-refractivity contribution >= 4 is 12.0 Å². The van der Waals surface area contributed by atoms with E-state index in [1.807, 2.05) is 19.9 Å². The molecule has 4 heteroatoms. The fourth-order valence-corrected chi connectivity index (χ4v) is 1.67. The highest BCUT2D eigenvalue weighted by atomic mass is 16.5. The van der Waals surface area contributed by atoms with Crippen molar-refractivity contribution in [2.24, 2.45) is 0 Å². The van der Waals surface area contributed by atoms with Crippen LogP contribution in [0.1, 0.15) is 24.9 Å². The molecule has 0 saturated heterocycles. The molecular formula is C17H18O4. The Bertz CT molecular complexity index is 608. The van der Waals surface area contributed by atoms with Crippen LogP contribution < -0.4 is 9.47 Å². The minimum absolute atomic E-state index is 0.453. The summed E-state index contributed by atoms with van der Waals surface area (Å²) in [6, 6.07) is 10.6. The minimum atomic E-state index is -0.453. The van der Waals surface area contributed by atoms with Gasteiger partial charge < -0.3 is 13.9 Å². The average Bonchev–Trinajstić information content (AvgIpc) is 2.90. The zero-order valence-corrected chi connectivity index (χ0v) is 12.2. The summed E-state index contributed by atoms with van der Waals surface area (Å²) in [6.45, 7) is 4.56. The van der Waals surface area contributed by atoms with Crippen LogP contribution in [0.4, 0.5) is 0 Å². The Morgan fingerprint density at radius 3 is 2.48 bits per heavy atom. The van der Waals surface area contributed by atoms with Crippen LogP contribution in [0.15, 0.2) is 46.9 Å². The Hall–Kier alpha value is -2.49. The van der Waals surface area contributed by atoms with Gasteiger partial charge >= 0.3 is 5.97 Å². The summed E-state index contributed by atoms with van der Waals surface area (Å²) in [5.41, 5.74) is 0. The van der Waals surface area contributed by atoms with Crippen LogP contribution in [0.2, 0.25) is 0 Å². The Morgan fingerprint density at radius 1 is 1.14 bits per heavy atom. The first-order valence-corrected chi connectivity index (χ1v) is 6.86. The smallest absolute Gasteiger partial charge is 0.336 e. The number of carbonyl (C=O) groups is 1. The molecule has 0 N–H and O–H groups in total. The lowest BCUT2D eigenvalue weighted by molar-refractivity contribution is -0.128. The third-order valence-electron chi connectivity index (χ3n) is 2.66. The molecule has 1 aromatic heterocycles. The van der Waals surface area contributed by atoms with Crippen LogP contribution in [0.5, 0.6) is 11.5 Å². The van der Waals surface area contributed by atoms with Gasteiger partial charge in [-0.2, -0.15) is 0 Å². The number of hydrogen-bond acceptors (Lipinski definition) is 4. The molecule has 0 amide bonds. The van der Waals surface area contributed by atoms with Crippen molar-refractivity contribution in [2.45, 2.75) is 20.3 Å². The lowest BCUT2D eigenvalue weighted by Gasteiger charge is -2.05. The second-order valence-electron chi connectivity index (χ2n) is 4.52. The molecule has 2 aromatic rings. The molecule has 0 radical (unpaired) electrons.